The topological polar surface area (TPSA) is 86.8 Å². The number of amides is 2. The summed E-state index contributed by atoms with van der Waals surface area (Å²) in [5.74, 6) is -1.01. The lowest BCUT2D eigenvalue weighted by atomic mass is 9.95. The van der Waals surface area contributed by atoms with E-state index in [1.165, 1.54) is 23.1 Å². The molecule has 45 heavy (non-hydrogen) atoms. The van der Waals surface area contributed by atoms with Gasteiger partial charge in [0.05, 0.1) is 16.1 Å². The zero-order chi connectivity index (χ0) is 32.6. The highest BCUT2D eigenvalue weighted by Crippen LogP contribution is 2.33. The fraction of sp³-hybridized carbons (Fsp3) is 0.412. The number of anilines is 1. The van der Waals surface area contributed by atoms with Crippen LogP contribution in [0.2, 0.25) is 0 Å². The molecule has 2 amide bonds. The Bertz CT molecular complexity index is 1540. The molecule has 3 aromatic rings. The first-order chi connectivity index (χ1) is 21.4. The lowest BCUT2D eigenvalue weighted by Crippen LogP contribution is -2.54. The first-order valence-corrected chi connectivity index (χ1v) is 16.7. The standard InChI is InChI=1S/C34H40F3N3O4S/c1-3-31(33(42)38-28-14-8-5-9-15-28)39(22-21-26-11-6-4-7-12-26)32(41)24-40(29-16-10-13-27(23-29)34(35,36)37)45(43,44)30-19-17-25(2)18-20-30/h4,6-7,10-13,16-20,23,28,31H,3,5,8-9,14-15,21-22,24H2,1-2H3,(H,38,42). The number of nitrogens with zero attached hydrogens (tertiary/aromatic N) is 2. The van der Waals surface area contributed by atoms with E-state index in [2.05, 4.69) is 5.32 Å². The van der Waals surface area contributed by atoms with Gasteiger partial charge >= 0.3 is 6.18 Å². The van der Waals surface area contributed by atoms with Gasteiger partial charge in [-0.15, -0.1) is 0 Å². The Morgan fingerprint density at radius 2 is 1.60 bits per heavy atom. The monoisotopic (exact) mass is 643 g/mol. The first kappa shape index (κ1) is 34.0. The number of aryl methyl sites for hydroxylation is 1. The van der Waals surface area contributed by atoms with E-state index in [1.54, 1.807) is 26.0 Å². The van der Waals surface area contributed by atoms with E-state index in [0.29, 0.717) is 10.7 Å². The maximum absolute atomic E-state index is 14.2. The molecule has 11 heteroatoms. The van der Waals surface area contributed by atoms with Gasteiger partial charge in [-0.25, -0.2) is 8.42 Å². The van der Waals surface area contributed by atoms with Crippen LogP contribution < -0.4 is 9.62 Å². The third-order valence-corrected chi connectivity index (χ3v) is 9.96. The largest absolute Gasteiger partial charge is 0.416 e. The van der Waals surface area contributed by atoms with E-state index in [-0.39, 0.29) is 35.5 Å². The smallest absolute Gasteiger partial charge is 0.352 e. The van der Waals surface area contributed by atoms with Crippen molar-refractivity contribution in [1.29, 1.82) is 0 Å². The second-order valence-corrected chi connectivity index (χ2v) is 13.3. The average molecular weight is 644 g/mol. The number of hydrogen-bond donors (Lipinski definition) is 1. The third kappa shape index (κ3) is 8.87. The fourth-order valence-corrected chi connectivity index (χ4v) is 7.05. The molecule has 1 atom stereocenters. The lowest BCUT2D eigenvalue weighted by molar-refractivity contribution is -0.140. The highest BCUT2D eigenvalue weighted by atomic mass is 32.2. The van der Waals surface area contributed by atoms with E-state index in [1.807, 2.05) is 30.3 Å². The minimum atomic E-state index is -4.73. The molecule has 0 bridgehead atoms. The Balaban J connectivity index is 1.71. The average Bonchev–Trinajstić information content (AvgIpc) is 3.02. The van der Waals surface area contributed by atoms with Crippen molar-refractivity contribution < 1.29 is 31.2 Å². The van der Waals surface area contributed by atoms with Crippen LogP contribution in [0.1, 0.15) is 62.1 Å². The van der Waals surface area contributed by atoms with Gasteiger partial charge in [-0.3, -0.25) is 13.9 Å². The minimum Gasteiger partial charge on any atom is -0.352 e. The number of sulfonamides is 1. The molecule has 7 nitrogen and oxygen atoms in total. The van der Waals surface area contributed by atoms with Crippen LogP contribution in [0.5, 0.6) is 0 Å². The highest BCUT2D eigenvalue weighted by molar-refractivity contribution is 7.92. The van der Waals surface area contributed by atoms with Crippen LogP contribution in [0, 0.1) is 6.92 Å². The fourth-order valence-electron chi connectivity index (χ4n) is 5.64. The summed E-state index contributed by atoms with van der Waals surface area (Å²) in [6, 6.07) is 18.2. The van der Waals surface area contributed by atoms with Crippen molar-refractivity contribution in [3.8, 4) is 0 Å². The van der Waals surface area contributed by atoms with Crippen molar-refractivity contribution in [1.82, 2.24) is 10.2 Å². The molecule has 1 aliphatic rings. The van der Waals surface area contributed by atoms with Crippen molar-refractivity contribution in [3.05, 3.63) is 95.6 Å². The van der Waals surface area contributed by atoms with E-state index in [4.69, 9.17) is 0 Å². The zero-order valence-electron chi connectivity index (χ0n) is 25.6. The second kappa shape index (κ2) is 14.9. The SMILES string of the molecule is CCC(C(=O)NC1CCCCC1)N(CCc1ccccc1)C(=O)CN(c1cccc(C(F)(F)F)c1)S(=O)(=O)c1ccc(C)cc1. The van der Waals surface area contributed by atoms with Crippen molar-refractivity contribution in [2.45, 2.75) is 81.9 Å². The zero-order valence-corrected chi connectivity index (χ0v) is 26.4. The molecule has 1 unspecified atom stereocenters. The molecule has 0 spiro atoms. The Morgan fingerprint density at radius 1 is 0.933 bits per heavy atom. The van der Waals surface area contributed by atoms with Crippen molar-refractivity contribution >= 4 is 27.5 Å². The maximum Gasteiger partial charge on any atom is 0.416 e. The molecule has 3 aromatic carbocycles. The van der Waals surface area contributed by atoms with E-state index >= 15 is 0 Å². The summed E-state index contributed by atoms with van der Waals surface area (Å²) in [4.78, 5) is 29.0. The number of halogens is 3. The molecular formula is C34H40F3N3O4S. The Morgan fingerprint density at radius 3 is 2.22 bits per heavy atom. The summed E-state index contributed by atoms with van der Waals surface area (Å²) in [5, 5.41) is 3.08. The van der Waals surface area contributed by atoms with Crippen LogP contribution in [-0.4, -0.2) is 50.3 Å². The molecule has 4 rings (SSSR count). The number of alkyl halides is 3. The van der Waals surface area contributed by atoms with Crippen molar-refractivity contribution in [3.63, 3.8) is 0 Å². The van der Waals surface area contributed by atoms with Gasteiger partial charge in [0.2, 0.25) is 11.8 Å². The summed E-state index contributed by atoms with van der Waals surface area (Å²) in [7, 11) is -4.49. The predicted molar refractivity (Wildman–Crippen MR) is 168 cm³/mol. The van der Waals surface area contributed by atoms with Crippen molar-refractivity contribution in [2.75, 3.05) is 17.4 Å². The normalized spacial score (nSPS) is 14.9. The summed E-state index contributed by atoms with van der Waals surface area (Å²) < 4.78 is 69.7. The molecule has 0 saturated heterocycles. The van der Waals surface area contributed by atoms with Gasteiger partial charge in [-0.2, -0.15) is 13.2 Å². The molecule has 0 radical (unpaired) electrons. The first-order valence-electron chi connectivity index (χ1n) is 15.3. The van der Waals surface area contributed by atoms with Crippen LogP contribution in [0.25, 0.3) is 0 Å². The summed E-state index contributed by atoms with van der Waals surface area (Å²) in [5.41, 5.74) is 0.356. The summed E-state index contributed by atoms with van der Waals surface area (Å²) in [6.07, 6.45) is 0.734. The minimum absolute atomic E-state index is 0.00472. The van der Waals surface area contributed by atoms with Crippen LogP contribution in [0.4, 0.5) is 18.9 Å². The number of carbonyl (C=O) groups is 2. The van der Waals surface area contributed by atoms with E-state index < -0.39 is 40.3 Å². The number of hydrogen-bond acceptors (Lipinski definition) is 4. The van der Waals surface area contributed by atoms with E-state index in [0.717, 1.165) is 61.4 Å². The molecular weight excluding hydrogens is 603 g/mol. The van der Waals surface area contributed by atoms with Crippen molar-refractivity contribution in [2.24, 2.45) is 0 Å². The molecule has 242 valence electrons. The number of nitrogens with one attached hydrogen (secondary N) is 1. The molecule has 0 aliphatic heterocycles. The van der Waals surface area contributed by atoms with Crippen LogP contribution >= 0.6 is 0 Å². The highest BCUT2D eigenvalue weighted by Gasteiger charge is 2.36. The van der Waals surface area contributed by atoms with E-state index in [9.17, 15) is 31.2 Å². The lowest BCUT2D eigenvalue weighted by Gasteiger charge is -2.34. The Hall–Kier alpha value is -3.86. The van der Waals surface area contributed by atoms with Gasteiger partial charge in [0.15, 0.2) is 0 Å². The second-order valence-electron chi connectivity index (χ2n) is 11.5. The molecule has 1 fully saturated rings. The van der Waals surface area contributed by atoms with Crippen LogP contribution in [0.3, 0.4) is 0 Å². The molecule has 1 aliphatic carbocycles. The van der Waals surface area contributed by atoms with Crippen LogP contribution in [0.15, 0.2) is 83.8 Å². The Kier molecular flexibility index (Phi) is 11.3. The molecule has 0 heterocycles. The van der Waals surface area contributed by atoms with Gasteiger partial charge in [0, 0.05) is 12.6 Å². The van der Waals surface area contributed by atoms with Gasteiger partial charge in [0.1, 0.15) is 12.6 Å². The molecule has 1 saturated carbocycles. The predicted octanol–water partition coefficient (Wildman–Crippen LogP) is 6.51. The molecule has 1 N–H and O–H groups in total. The molecule has 0 aromatic heterocycles. The maximum atomic E-state index is 14.2. The Labute approximate surface area is 263 Å². The van der Waals surface area contributed by atoms with Gasteiger partial charge in [0.25, 0.3) is 10.0 Å². The number of carbonyl (C=O) groups excluding carboxylic acids is 2. The number of rotatable bonds is 12. The van der Waals surface area contributed by atoms with Gasteiger partial charge in [-0.1, -0.05) is 80.3 Å². The number of benzene rings is 3. The van der Waals surface area contributed by atoms with Gasteiger partial charge < -0.3 is 10.2 Å². The third-order valence-electron chi connectivity index (χ3n) is 8.17. The van der Waals surface area contributed by atoms with Gasteiger partial charge in [-0.05, 0) is 68.5 Å². The van der Waals surface area contributed by atoms with Crippen LogP contribution in [-0.2, 0) is 32.2 Å². The summed E-state index contributed by atoms with van der Waals surface area (Å²) in [6.45, 7) is 2.87. The quantitative estimate of drug-likeness (QED) is 0.244. The summed E-state index contributed by atoms with van der Waals surface area (Å²) >= 11 is 0.